The second kappa shape index (κ2) is 7.17. The van der Waals surface area contributed by atoms with Crippen LogP contribution in [-0.4, -0.2) is 34.0 Å². The monoisotopic (exact) mass is 366 g/mol. The number of thiophene rings is 1. The molecule has 5 heteroatoms. The number of carboxylic acid groups (broad SMARTS) is 1. The van der Waals surface area contributed by atoms with Gasteiger partial charge in [0.25, 0.3) is 0 Å². The third kappa shape index (κ3) is 3.37. The molecule has 2 atom stereocenters. The van der Waals surface area contributed by atoms with Crippen LogP contribution in [0.2, 0.25) is 0 Å². The smallest absolute Gasteiger partial charge is 0.307 e. The predicted octanol–water partition coefficient (Wildman–Crippen LogP) is 4.49. The highest BCUT2D eigenvalue weighted by molar-refractivity contribution is 7.10. The van der Waals surface area contributed by atoms with Crippen molar-refractivity contribution < 1.29 is 9.90 Å². The first-order valence-electron chi connectivity index (χ1n) is 8.97. The van der Waals surface area contributed by atoms with Gasteiger partial charge in [-0.3, -0.25) is 14.7 Å². The lowest BCUT2D eigenvalue weighted by atomic mass is 9.93. The summed E-state index contributed by atoms with van der Waals surface area (Å²) in [5.41, 5.74) is 2.48. The van der Waals surface area contributed by atoms with Crippen LogP contribution in [0.1, 0.15) is 34.9 Å². The number of carboxylic acids is 1. The average molecular weight is 366 g/mol. The van der Waals surface area contributed by atoms with E-state index in [-0.39, 0.29) is 12.0 Å². The molecule has 1 saturated heterocycles. The number of aromatic nitrogens is 1. The number of likely N-dealkylation sites (tertiary alicyclic amines) is 1. The first-order valence-corrected chi connectivity index (χ1v) is 9.85. The lowest BCUT2D eigenvalue weighted by Gasteiger charge is -2.37. The predicted molar refractivity (Wildman–Crippen MR) is 105 cm³/mol. The van der Waals surface area contributed by atoms with E-state index in [4.69, 9.17) is 0 Å². The number of rotatable bonds is 4. The number of pyridine rings is 1. The highest BCUT2D eigenvalue weighted by Gasteiger charge is 2.32. The summed E-state index contributed by atoms with van der Waals surface area (Å²) in [5.74, 6) is -0.961. The molecule has 3 heterocycles. The number of nitrogens with zero attached hydrogens (tertiary/aromatic N) is 2. The zero-order chi connectivity index (χ0) is 18.1. The van der Waals surface area contributed by atoms with Crippen LogP contribution in [0, 0.1) is 12.8 Å². The highest BCUT2D eigenvalue weighted by Crippen LogP contribution is 2.36. The molecule has 0 aliphatic carbocycles. The summed E-state index contributed by atoms with van der Waals surface area (Å²) in [6.45, 7) is 3.64. The Balaban J connectivity index is 1.76. The minimum atomic E-state index is -0.680. The van der Waals surface area contributed by atoms with Crippen LogP contribution in [0.4, 0.5) is 0 Å². The van der Waals surface area contributed by atoms with Crippen molar-refractivity contribution in [1.29, 1.82) is 0 Å². The summed E-state index contributed by atoms with van der Waals surface area (Å²) in [6.07, 6.45) is 5.39. The molecule has 1 N–H and O–H groups in total. The fraction of sp³-hybridized carbons (Fsp3) is 0.333. The molecule has 0 spiro atoms. The zero-order valence-electron chi connectivity index (χ0n) is 14.8. The molecule has 0 radical (unpaired) electrons. The van der Waals surface area contributed by atoms with Gasteiger partial charge in [-0.1, -0.05) is 12.1 Å². The van der Waals surface area contributed by atoms with E-state index in [9.17, 15) is 9.90 Å². The van der Waals surface area contributed by atoms with Gasteiger partial charge in [-0.15, -0.1) is 11.3 Å². The Kier molecular flexibility index (Phi) is 4.74. The van der Waals surface area contributed by atoms with Gasteiger partial charge in [0.05, 0.1) is 12.0 Å². The van der Waals surface area contributed by atoms with Crippen molar-refractivity contribution in [2.75, 3.05) is 13.1 Å². The van der Waals surface area contributed by atoms with Crippen molar-refractivity contribution in [3.8, 4) is 0 Å². The van der Waals surface area contributed by atoms with Gasteiger partial charge in [0.15, 0.2) is 0 Å². The molecular formula is C21H22N2O2S. The maximum atomic E-state index is 11.5. The molecule has 0 amide bonds. The molecule has 4 nitrogen and oxygen atoms in total. The average Bonchev–Trinajstić information content (AvgIpc) is 3.08. The number of piperidine rings is 1. The normalized spacial score (nSPS) is 19.5. The number of carbonyl (C=O) groups is 1. The second-order valence-electron chi connectivity index (χ2n) is 7.08. The number of hydrogen-bond acceptors (Lipinski definition) is 4. The van der Waals surface area contributed by atoms with Crippen LogP contribution < -0.4 is 0 Å². The van der Waals surface area contributed by atoms with E-state index in [2.05, 4.69) is 46.5 Å². The summed E-state index contributed by atoms with van der Waals surface area (Å²) in [7, 11) is 0. The number of aryl methyl sites for hydroxylation is 1. The van der Waals surface area contributed by atoms with Gasteiger partial charge in [0.2, 0.25) is 0 Å². The number of fused-ring (bicyclic) bond motifs is 1. The Morgan fingerprint density at radius 2 is 2.19 bits per heavy atom. The molecule has 1 aliphatic rings. The molecule has 2 unspecified atom stereocenters. The van der Waals surface area contributed by atoms with Crippen LogP contribution in [0.15, 0.2) is 48.1 Å². The van der Waals surface area contributed by atoms with Gasteiger partial charge in [-0.25, -0.2) is 0 Å². The van der Waals surface area contributed by atoms with Gasteiger partial charge in [-0.05, 0) is 66.4 Å². The number of benzene rings is 1. The molecule has 1 aromatic carbocycles. The molecule has 1 fully saturated rings. The quantitative estimate of drug-likeness (QED) is 0.739. The number of aliphatic carboxylic acids is 1. The fourth-order valence-electron chi connectivity index (χ4n) is 3.87. The molecule has 26 heavy (non-hydrogen) atoms. The van der Waals surface area contributed by atoms with Crippen molar-refractivity contribution in [3.05, 3.63) is 64.1 Å². The van der Waals surface area contributed by atoms with Crippen molar-refractivity contribution >= 4 is 28.1 Å². The van der Waals surface area contributed by atoms with Crippen molar-refractivity contribution in [2.45, 2.75) is 25.8 Å². The third-order valence-corrected chi connectivity index (χ3v) is 6.27. The van der Waals surface area contributed by atoms with E-state index in [1.165, 1.54) is 21.4 Å². The largest absolute Gasteiger partial charge is 0.481 e. The summed E-state index contributed by atoms with van der Waals surface area (Å²) >= 11 is 1.76. The van der Waals surface area contributed by atoms with Crippen LogP contribution in [-0.2, 0) is 4.79 Å². The Labute approximate surface area is 157 Å². The lowest BCUT2D eigenvalue weighted by Crippen LogP contribution is -2.41. The Morgan fingerprint density at radius 1 is 1.31 bits per heavy atom. The van der Waals surface area contributed by atoms with E-state index in [0.29, 0.717) is 6.54 Å². The highest BCUT2D eigenvalue weighted by atomic mass is 32.1. The van der Waals surface area contributed by atoms with Gasteiger partial charge < -0.3 is 5.11 Å². The Bertz CT molecular complexity index is 936. The van der Waals surface area contributed by atoms with Crippen LogP contribution >= 0.6 is 11.3 Å². The maximum Gasteiger partial charge on any atom is 0.307 e. The van der Waals surface area contributed by atoms with Gasteiger partial charge in [0, 0.05) is 29.2 Å². The van der Waals surface area contributed by atoms with E-state index in [1.807, 2.05) is 18.5 Å². The summed E-state index contributed by atoms with van der Waals surface area (Å²) in [5, 5.41) is 14.0. The molecule has 0 saturated carbocycles. The third-order valence-electron chi connectivity index (χ3n) is 5.17. The summed E-state index contributed by atoms with van der Waals surface area (Å²) in [6, 6.07) is 10.9. The number of hydrogen-bond donors (Lipinski definition) is 1. The molecule has 3 aromatic rings. The van der Waals surface area contributed by atoms with Gasteiger partial charge in [-0.2, -0.15) is 0 Å². The van der Waals surface area contributed by atoms with Crippen LogP contribution in [0.5, 0.6) is 0 Å². The minimum absolute atomic E-state index is 0.105. The topological polar surface area (TPSA) is 53.4 Å². The van der Waals surface area contributed by atoms with Gasteiger partial charge in [0.1, 0.15) is 0 Å². The Morgan fingerprint density at radius 3 is 2.96 bits per heavy atom. The van der Waals surface area contributed by atoms with E-state index < -0.39 is 5.97 Å². The minimum Gasteiger partial charge on any atom is -0.481 e. The van der Waals surface area contributed by atoms with E-state index in [0.717, 1.165) is 24.8 Å². The second-order valence-corrected chi connectivity index (χ2v) is 8.03. The molecule has 0 bridgehead atoms. The molecule has 2 aromatic heterocycles. The standard InChI is InChI=1S/C21H22N2O2S/c1-14-9-19(26-13-14)20(23-8-2-3-18(12-23)21(24)25)16-4-5-17-11-22-7-6-15(17)10-16/h4-7,9-11,13,18,20H,2-3,8,12H2,1H3,(H,24,25). The van der Waals surface area contributed by atoms with Crippen LogP contribution in [0.3, 0.4) is 0 Å². The summed E-state index contributed by atoms with van der Waals surface area (Å²) in [4.78, 5) is 19.4. The Hall–Kier alpha value is -2.24. The fourth-order valence-corrected chi connectivity index (χ4v) is 4.92. The molecule has 4 rings (SSSR count). The summed E-state index contributed by atoms with van der Waals surface area (Å²) < 4.78 is 0. The SMILES string of the molecule is Cc1csc(C(c2ccc3cnccc3c2)N2CCCC(C(=O)O)C2)c1. The van der Waals surface area contributed by atoms with E-state index >= 15 is 0 Å². The van der Waals surface area contributed by atoms with Crippen LogP contribution in [0.25, 0.3) is 10.8 Å². The van der Waals surface area contributed by atoms with E-state index in [1.54, 1.807) is 11.3 Å². The molecular weight excluding hydrogens is 344 g/mol. The van der Waals surface area contributed by atoms with Crippen molar-refractivity contribution in [2.24, 2.45) is 5.92 Å². The lowest BCUT2D eigenvalue weighted by molar-refractivity contribution is -0.143. The maximum absolute atomic E-state index is 11.5. The first kappa shape index (κ1) is 17.2. The van der Waals surface area contributed by atoms with Crippen molar-refractivity contribution in [1.82, 2.24) is 9.88 Å². The molecule has 134 valence electrons. The van der Waals surface area contributed by atoms with Crippen molar-refractivity contribution in [3.63, 3.8) is 0 Å². The van der Waals surface area contributed by atoms with Gasteiger partial charge >= 0.3 is 5.97 Å². The molecule has 1 aliphatic heterocycles. The first-order chi connectivity index (χ1) is 12.6. The zero-order valence-corrected chi connectivity index (χ0v) is 15.6.